The van der Waals surface area contributed by atoms with Gasteiger partial charge in [-0.25, -0.2) is 15.0 Å². The van der Waals surface area contributed by atoms with Crippen molar-refractivity contribution >= 4 is 41.0 Å². The summed E-state index contributed by atoms with van der Waals surface area (Å²) in [6, 6.07) is 2.54. The number of carbonyl (C=O) groups excluding carboxylic acids is 1. The topological polar surface area (TPSA) is 106 Å². The number of nitrogens with zero attached hydrogens (tertiary/aromatic N) is 4. The number of guanidine groups is 1. The molecule has 0 radical (unpaired) electrons. The molecular formula is C16H18F2N6O2S2. The van der Waals surface area contributed by atoms with Crippen molar-refractivity contribution in [3.8, 4) is 5.75 Å². The number of alkyl halides is 2. The molecular weight excluding hydrogens is 410 g/mol. The Labute approximate surface area is 168 Å². The average molecular weight is 428 g/mol. The number of nitrogens with one attached hydrogen (secondary N) is 1. The highest BCUT2D eigenvalue weighted by Gasteiger charge is 2.41. The van der Waals surface area contributed by atoms with Crippen LogP contribution in [0.25, 0.3) is 0 Å². The standard InChI is InChI=1S/C16H18F2N6O2S2/c1-8-16(2,23-15(19)24(3)28-8)13-22-11(7-27-13)21-12(25)10-5-4-9(6-20-10)26-14(17)18/h4-8,14H,1-3H3,(H2,19,23)(H,21,25)/t8-,16-/m0/s1. The zero-order valence-corrected chi connectivity index (χ0v) is 16.9. The van der Waals surface area contributed by atoms with Gasteiger partial charge in [0.15, 0.2) is 0 Å². The zero-order valence-electron chi connectivity index (χ0n) is 15.2. The number of rotatable bonds is 5. The Morgan fingerprint density at radius 3 is 2.86 bits per heavy atom. The molecule has 150 valence electrons. The predicted molar refractivity (Wildman–Crippen MR) is 105 cm³/mol. The summed E-state index contributed by atoms with van der Waals surface area (Å²) >= 11 is 2.92. The van der Waals surface area contributed by atoms with Gasteiger partial charge in [-0.2, -0.15) is 8.78 Å². The maximum atomic E-state index is 12.3. The molecule has 3 N–H and O–H groups in total. The molecule has 8 nitrogen and oxygen atoms in total. The molecule has 3 heterocycles. The third-order valence-electron chi connectivity index (χ3n) is 4.15. The monoisotopic (exact) mass is 428 g/mol. The Hall–Kier alpha value is -2.47. The summed E-state index contributed by atoms with van der Waals surface area (Å²) in [4.78, 5) is 25.2. The van der Waals surface area contributed by atoms with Crippen LogP contribution in [0.15, 0.2) is 28.7 Å². The van der Waals surface area contributed by atoms with Crippen LogP contribution < -0.4 is 15.8 Å². The molecule has 0 aromatic carbocycles. The van der Waals surface area contributed by atoms with Gasteiger partial charge in [0.05, 0.1) is 11.4 Å². The van der Waals surface area contributed by atoms with Crippen LogP contribution in [-0.2, 0) is 5.54 Å². The van der Waals surface area contributed by atoms with Crippen molar-refractivity contribution in [3.05, 3.63) is 34.4 Å². The molecule has 0 fully saturated rings. The molecule has 1 aliphatic heterocycles. The summed E-state index contributed by atoms with van der Waals surface area (Å²) < 4.78 is 30.3. The number of hydrogen-bond acceptors (Lipinski definition) is 9. The van der Waals surface area contributed by atoms with Crippen molar-refractivity contribution in [2.24, 2.45) is 10.7 Å². The third-order valence-corrected chi connectivity index (χ3v) is 6.50. The number of anilines is 1. The number of halogens is 2. The molecule has 0 saturated heterocycles. The Kier molecular flexibility index (Phi) is 5.70. The van der Waals surface area contributed by atoms with E-state index in [1.165, 1.54) is 23.5 Å². The molecule has 28 heavy (non-hydrogen) atoms. The first-order chi connectivity index (χ1) is 13.2. The lowest BCUT2D eigenvalue weighted by atomic mass is 10.0. The summed E-state index contributed by atoms with van der Waals surface area (Å²) in [5.41, 5.74) is 5.38. The highest BCUT2D eigenvalue weighted by molar-refractivity contribution is 7.98. The van der Waals surface area contributed by atoms with Gasteiger partial charge < -0.3 is 15.8 Å². The fraction of sp³-hybridized carbons (Fsp3) is 0.375. The van der Waals surface area contributed by atoms with E-state index in [9.17, 15) is 13.6 Å². The lowest BCUT2D eigenvalue weighted by molar-refractivity contribution is -0.0500. The van der Waals surface area contributed by atoms with Gasteiger partial charge in [-0.1, -0.05) is 0 Å². The maximum absolute atomic E-state index is 12.3. The van der Waals surface area contributed by atoms with E-state index in [0.717, 1.165) is 6.20 Å². The second kappa shape index (κ2) is 7.87. The minimum atomic E-state index is -2.95. The van der Waals surface area contributed by atoms with Gasteiger partial charge in [-0.05, 0) is 37.9 Å². The molecule has 1 amide bonds. The van der Waals surface area contributed by atoms with Crippen molar-refractivity contribution in [2.45, 2.75) is 31.2 Å². The lowest BCUT2D eigenvalue weighted by Gasteiger charge is -2.37. The smallest absolute Gasteiger partial charge is 0.387 e. The van der Waals surface area contributed by atoms with Gasteiger partial charge in [-0.3, -0.25) is 9.10 Å². The van der Waals surface area contributed by atoms with Crippen LogP contribution in [0.3, 0.4) is 0 Å². The van der Waals surface area contributed by atoms with Gasteiger partial charge in [-0.15, -0.1) is 11.3 Å². The van der Waals surface area contributed by atoms with Crippen LogP contribution in [0.5, 0.6) is 5.75 Å². The number of amides is 1. The number of carbonyl (C=O) groups is 1. The quantitative estimate of drug-likeness (QED) is 0.706. The van der Waals surface area contributed by atoms with Crippen LogP contribution >= 0.6 is 23.3 Å². The maximum Gasteiger partial charge on any atom is 0.387 e. The first kappa shape index (κ1) is 20.3. The molecule has 2 aromatic rings. The van der Waals surface area contributed by atoms with E-state index < -0.39 is 18.1 Å². The summed E-state index contributed by atoms with van der Waals surface area (Å²) in [5, 5.41) is 5.15. The molecule has 12 heteroatoms. The highest BCUT2D eigenvalue weighted by Crippen LogP contribution is 2.42. The minimum absolute atomic E-state index is 0.0489. The van der Waals surface area contributed by atoms with Crippen LogP contribution in [0.2, 0.25) is 0 Å². The summed E-state index contributed by atoms with van der Waals surface area (Å²) in [5.74, 6) is 0.117. The van der Waals surface area contributed by atoms with Crippen molar-refractivity contribution in [2.75, 3.05) is 12.4 Å². The van der Waals surface area contributed by atoms with Crippen molar-refractivity contribution in [1.29, 1.82) is 0 Å². The Bertz CT molecular complexity index is 892. The number of hydrogen-bond donors (Lipinski definition) is 2. The van der Waals surface area contributed by atoms with Gasteiger partial charge in [0.1, 0.15) is 27.8 Å². The highest BCUT2D eigenvalue weighted by atomic mass is 32.2. The first-order valence-corrected chi connectivity index (χ1v) is 9.84. The van der Waals surface area contributed by atoms with Crippen molar-refractivity contribution in [3.63, 3.8) is 0 Å². The third kappa shape index (κ3) is 4.17. The predicted octanol–water partition coefficient (Wildman–Crippen LogP) is 2.90. The van der Waals surface area contributed by atoms with E-state index in [1.807, 2.05) is 20.9 Å². The molecule has 0 bridgehead atoms. The van der Waals surface area contributed by atoms with Gasteiger partial charge in [0.2, 0.25) is 5.96 Å². The van der Waals surface area contributed by atoms with E-state index in [-0.39, 0.29) is 16.7 Å². The summed E-state index contributed by atoms with van der Waals surface area (Å²) in [6.07, 6.45) is 1.06. The average Bonchev–Trinajstić information content (AvgIpc) is 3.09. The Morgan fingerprint density at radius 2 is 2.21 bits per heavy atom. The van der Waals surface area contributed by atoms with Crippen LogP contribution in [0.1, 0.15) is 29.3 Å². The summed E-state index contributed by atoms with van der Waals surface area (Å²) in [6.45, 7) is 1.02. The number of nitrogens with two attached hydrogens (primary N) is 1. The van der Waals surface area contributed by atoms with Gasteiger partial charge in [0.25, 0.3) is 5.91 Å². The molecule has 0 unspecified atom stereocenters. The number of ether oxygens (including phenoxy) is 1. The molecule has 1 aliphatic rings. The minimum Gasteiger partial charge on any atom is -0.433 e. The largest absolute Gasteiger partial charge is 0.433 e. The van der Waals surface area contributed by atoms with E-state index >= 15 is 0 Å². The summed E-state index contributed by atoms with van der Waals surface area (Å²) in [7, 11) is 1.84. The lowest BCUT2D eigenvalue weighted by Crippen LogP contribution is -2.44. The van der Waals surface area contributed by atoms with Crippen LogP contribution in [0.4, 0.5) is 14.6 Å². The first-order valence-electron chi connectivity index (χ1n) is 8.13. The molecule has 2 atom stereocenters. The molecule has 0 aliphatic carbocycles. The number of pyridine rings is 1. The molecule has 0 saturated carbocycles. The second-order valence-corrected chi connectivity index (χ2v) is 8.44. The van der Waals surface area contributed by atoms with Gasteiger partial charge in [0, 0.05) is 12.4 Å². The number of thiazole rings is 1. The van der Waals surface area contributed by atoms with E-state index in [2.05, 4.69) is 25.0 Å². The molecule has 3 rings (SSSR count). The van der Waals surface area contributed by atoms with Crippen LogP contribution in [0, 0.1) is 0 Å². The Balaban J connectivity index is 1.73. The number of aliphatic imine (C=N–C) groups is 1. The van der Waals surface area contributed by atoms with Crippen LogP contribution in [-0.4, -0.2) is 45.0 Å². The second-order valence-electron chi connectivity index (χ2n) is 6.11. The van der Waals surface area contributed by atoms with Crippen molar-refractivity contribution in [1.82, 2.24) is 14.3 Å². The van der Waals surface area contributed by atoms with Gasteiger partial charge >= 0.3 is 6.61 Å². The van der Waals surface area contributed by atoms with E-state index in [4.69, 9.17) is 5.73 Å². The SMILES string of the molecule is C[C@@H]1SN(C)C(N)=N[C@]1(C)c1nc(NC(=O)c2ccc(OC(F)F)cn2)cs1. The van der Waals surface area contributed by atoms with E-state index in [1.54, 1.807) is 21.6 Å². The number of aromatic nitrogens is 2. The van der Waals surface area contributed by atoms with E-state index in [0.29, 0.717) is 16.8 Å². The normalized spacial score (nSPS) is 22.1. The molecule has 2 aromatic heterocycles. The fourth-order valence-electron chi connectivity index (χ4n) is 2.45. The molecule has 0 spiro atoms. The fourth-order valence-corrected chi connectivity index (χ4v) is 4.46. The van der Waals surface area contributed by atoms with Crippen molar-refractivity contribution < 1.29 is 18.3 Å². The Morgan fingerprint density at radius 1 is 1.46 bits per heavy atom. The zero-order chi connectivity index (χ0) is 20.5.